The first-order chi connectivity index (χ1) is 18.6. The van der Waals surface area contributed by atoms with Gasteiger partial charge < -0.3 is 10.2 Å². The van der Waals surface area contributed by atoms with Gasteiger partial charge in [0.15, 0.2) is 0 Å². The minimum atomic E-state index is -3.99. The van der Waals surface area contributed by atoms with Crippen LogP contribution in [0.4, 0.5) is 0 Å². The molecule has 0 saturated carbocycles. The molecule has 1 aliphatic rings. The van der Waals surface area contributed by atoms with Crippen LogP contribution in [0.25, 0.3) is 0 Å². The Labute approximate surface area is 237 Å². The molecule has 1 N–H and O–H groups in total. The molecule has 8 nitrogen and oxygen atoms in total. The fourth-order valence-electron chi connectivity index (χ4n) is 4.54. The summed E-state index contributed by atoms with van der Waals surface area (Å²) in [6, 6.07) is 19.4. The summed E-state index contributed by atoms with van der Waals surface area (Å²) >= 11 is 12.8. The Kier molecular flexibility index (Phi) is 8.94. The SMILES string of the molecule is CNC(=O)C(Cc1ccccc1)N(Cc1c(Cl)cccc1Cl)C(=O)CCCN1C(=O)c2ccccc2S1(=O)=O. The van der Waals surface area contributed by atoms with E-state index in [1.807, 2.05) is 30.3 Å². The molecule has 0 aromatic heterocycles. The van der Waals surface area contributed by atoms with Crippen molar-refractivity contribution < 1.29 is 22.8 Å². The second-order valence-electron chi connectivity index (χ2n) is 9.02. The largest absolute Gasteiger partial charge is 0.357 e. The zero-order chi connectivity index (χ0) is 28.2. The lowest BCUT2D eigenvalue weighted by molar-refractivity contribution is -0.141. The number of benzene rings is 3. The highest BCUT2D eigenvalue weighted by atomic mass is 35.5. The maximum absolute atomic E-state index is 13.7. The number of rotatable bonds is 10. The summed E-state index contributed by atoms with van der Waals surface area (Å²) in [5.41, 5.74) is 1.45. The molecule has 1 aliphatic heterocycles. The van der Waals surface area contributed by atoms with Crippen LogP contribution in [-0.4, -0.2) is 55.0 Å². The van der Waals surface area contributed by atoms with Crippen molar-refractivity contribution in [2.24, 2.45) is 0 Å². The van der Waals surface area contributed by atoms with Crippen molar-refractivity contribution in [3.8, 4) is 0 Å². The van der Waals surface area contributed by atoms with Crippen molar-refractivity contribution in [1.82, 2.24) is 14.5 Å². The Morgan fingerprint density at radius 2 is 1.59 bits per heavy atom. The lowest BCUT2D eigenvalue weighted by Gasteiger charge is -2.32. The fraction of sp³-hybridized carbons (Fsp3) is 0.250. The Morgan fingerprint density at radius 1 is 0.949 bits per heavy atom. The van der Waals surface area contributed by atoms with E-state index in [1.54, 1.807) is 30.3 Å². The number of likely N-dealkylation sites (N-methyl/N-ethyl adjacent to an activating group) is 1. The molecule has 1 heterocycles. The maximum atomic E-state index is 13.7. The van der Waals surface area contributed by atoms with E-state index >= 15 is 0 Å². The Hall–Kier alpha value is -3.40. The number of halogens is 2. The highest BCUT2D eigenvalue weighted by Gasteiger charge is 2.40. The van der Waals surface area contributed by atoms with Crippen LogP contribution in [0.1, 0.15) is 34.3 Å². The van der Waals surface area contributed by atoms with Crippen LogP contribution in [0.3, 0.4) is 0 Å². The van der Waals surface area contributed by atoms with Gasteiger partial charge in [-0.2, -0.15) is 0 Å². The van der Waals surface area contributed by atoms with Gasteiger partial charge in [-0.15, -0.1) is 0 Å². The van der Waals surface area contributed by atoms with Crippen molar-refractivity contribution in [1.29, 1.82) is 0 Å². The monoisotopic (exact) mass is 587 g/mol. The average molecular weight is 589 g/mol. The van der Waals surface area contributed by atoms with Crippen LogP contribution < -0.4 is 5.32 Å². The summed E-state index contributed by atoms with van der Waals surface area (Å²) in [7, 11) is -2.50. The number of sulfonamides is 1. The van der Waals surface area contributed by atoms with Gasteiger partial charge in [0.25, 0.3) is 15.9 Å². The van der Waals surface area contributed by atoms with E-state index < -0.39 is 27.9 Å². The van der Waals surface area contributed by atoms with Crippen LogP contribution >= 0.6 is 23.2 Å². The standard InChI is InChI=1S/C28H27Cl2N3O5S/c1-31-27(35)24(17-19-9-3-2-4-10-19)32(18-21-22(29)12-7-13-23(21)30)26(34)15-8-16-33-28(36)20-11-5-6-14-25(20)39(33,37)38/h2-7,9-14,24H,8,15-18H2,1H3,(H,31,35). The van der Waals surface area contributed by atoms with E-state index in [9.17, 15) is 22.8 Å². The number of amides is 3. The van der Waals surface area contributed by atoms with Gasteiger partial charge in [0, 0.05) is 48.6 Å². The third-order valence-corrected chi connectivity index (χ3v) is 9.12. The zero-order valence-corrected chi connectivity index (χ0v) is 23.5. The van der Waals surface area contributed by atoms with Gasteiger partial charge in [-0.3, -0.25) is 14.4 Å². The molecule has 0 spiro atoms. The number of carbonyl (C=O) groups is 3. The van der Waals surface area contributed by atoms with Gasteiger partial charge in [-0.1, -0.05) is 71.7 Å². The van der Waals surface area contributed by atoms with Crippen molar-refractivity contribution in [2.45, 2.75) is 36.7 Å². The molecule has 204 valence electrons. The number of hydrogen-bond acceptors (Lipinski definition) is 5. The van der Waals surface area contributed by atoms with Gasteiger partial charge in [0.1, 0.15) is 10.9 Å². The quantitative estimate of drug-likeness (QED) is 0.381. The summed E-state index contributed by atoms with van der Waals surface area (Å²) in [4.78, 5) is 40.8. The number of fused-ring (bicyclic) bond motifs is 1. The van der Waals surface area contributed by atoms with Crippen molar-refractivity contribution in [3.63, 3.8) is 0 Å². The van der Waals surface area contributed by atoms with E-state index in [0.717, 1.165) is 9.87 Å². The first-order valence-electron chi connectivity index (χ1n) is 12.3. The van der Waals surface area contributed by atoms with Crippen LogP contribution in [0.5, 0.6) is 0 Å². The van der Waals surface area contributed by atoms with Crippen molar-refractivity contribution in [3.05, 3.63) is 99.5 Å². The smallest absolute Gasteiger partial charge is 0.269 e. The summed E-state index contributed by atoms with van der Waals surface area (Å²) in [5, 5.41) is 3.33. The molecular formula is C28H27Cl2N3O5S. The second kappa shape index (κ2) is 12.2. The Balaban J connectivity index is 1.57. The lowest BCUT2D eigenvalue weighted by atomic mass is 10.0. The van der Waals surface area contributed by atoms with E-state index in [2.05, 4.69) is 5.32 Å². The third-order valence-electron chi connectivity index (χ3n) is 6.57. The van der Waals surface area contributed by atoms with Crippen LogP contribution in [0.15, 0.2) is 77.7 Å². The summed E-state index contributed by atoms with van der Waals surface area (Å²) in [5.74, 6) is -1.40. The third kappa shape index (κ3) is 6.11. The molecule has 1 unspecified atom stereocenters. The van der Waals surface area contributed by atoms with E-state index in [4.69, 9.17) is 23.2 Å². The summed E-state index contributed by atoms with van der Waals surface area (Å²) < 4.78 is 26.6. The minimum absolute atomic E-state index is 0.0331. The molecule has 0 radical (unpaired) electrons. The van der Waals surface area contributed by atoms with Crippen molar-refractivity contribution >= 4 is 50.9 Å². The fourth-order valence-corrected chi connectivity index (χ4v) is 6.67. The van der Waals surface area contributed by atoms with Crippen molar-refractivity contribution in [2.75, 3.05) is 13.6 Å². The lowest BCUT2D eigenvalue weighted by Crippen LogP contribution is -2.50. The molecule has 0 saturated heterocycles. The van der Waals surface area contributed by atoms with Gasteiger partial charge >= 0.3 is 0 Å². The molecule has 39 heavy (non-hydrogen) atoms. The summed E-state index contributed by atoms with van der Waals surface area (Å²) in [6.07, 6.45) is 0.193. The van der Waals surface area contributed by atoms with Gasteiger partial charge in [0.2, 0.25) is 11.8 Å². The number of hydrogen-bond donors (Lipinski definition) is 1. The Bertz CT molecular complexity index is 1480. The van der Waals surface area contributed by atoms with E-state index in [0.29, 0.717) is 15.6 Å². The maximum Gasteiger partial charge on any atom is 0.269 e. The van der Waals surface area contributed by atoms with Gasteiger partial charge in [-0.25, -0.2) is 12.7 Å². The summed E-state index contributed by atoms with van der Waals surface area (Å²) in [6.45, 7) is -0.208. The van der Waals surface area contributed by atoms with E-state index in [1.165, 1.54) is 24.1 Å². The van der Waals surface area contributed by atoms with Crippen LogP contribution in [0.2, 0.25) is 10.0 Å². The molecule has 3 aromatic rings. The first-order valence-corrected chi connectivity index (χ1v) is 14.5. The minimum Gasteiger partial charge on any atom is -0.357 e. The highest BCUT2D eigenvalue weighted by Crippen LogP contribution is 2.31. The predicted octanol–water partition coefficient (Wildman–Crippen LogP) is 4.30. The molecule has 3 amide bonds. The normalized spacial score (nSPS) is 14.5. The number of nitrogens with zero attached hydrogens (tertiary/aromatic N) is 2. The number of carbonyl (C=O) groups excluding carboxylic acids is 3. The number of nitrogens with one attached hydrogen (secondary N) is 1. The second-order valence-corrected chi connectivity index (χ2v) is 11.7. The molecule has 11 heteroatoms. The molecule has 3 aromatic carbocycles. The molecule has 0 fully saturated rings. The van der Waals surface area contributed by atoms with Gasteiger partial charge in [-0.05, 0) is 36.2 Å². The zero-order valence-electron chi connectivity index (χ0n) is 21.1. The van der Waals surface area contributed by atoms with Crippen LogP contribution in [0, 0.1) is 0 Å². The molecule has 4 rings (SSSR count). The first kappa shape index (κ1) is 28.6. The average Bonchev–Trinajstić information content (AvgIpc) is 3.12. The highest BCUT2D eigenvalue weighted by molar-refractivity contribution is 7.90. The van der Waals surface area contributed by atoms with E-state index in [-0.39, 0.29) is 48.7 Å². The van der Waals surface area contributed by atoms with Gasteiger partial charge in [0.05, 0.1) is 5.56 Å². The topological polar surface area (TPSA) is 104 Å². The molecule has 1 atom stereocenters. The Morgan fingerprint density at radius 3 is 2.23 bits per heavy atom. The molecule has 0 bridgehead atoms. The predicted molar refractivity (Wildman–Crippen MR) is 149 cm³/mol. The van der Waals surface area contributed by atoms with Crippen LogP contribution in [-0.2, 0) is 32.6 Å². The molecular weight excluding hydrogens is 561 g/mol. The molecule has 0 aliphatic carbocycles.